The van der Waals surface area contributed by atoms with E-state index in [9.17, 15) is 4.79 Å². The molecule has 0 aliphatic carbocycles. The predicted octanol–water partition coefficient (Wildman–Crippen LogP) is 4.48. The van der Waals surface area contributed by atoms with Crippen LogP contribution in [0.2, 0.25) is 0 Å². The quantitative estimate of drug-likeness (QED) is 0.706. The molecule has 3 nitrogen and oxygen atoms in total. The van der Waals surface area contributed by atoms with E-state index in [1.807, 2.05) is 49.4 Å². The number of aldehydes is 1. The van der Waals surface area contributed by atoms with Gasteiger partial charge in [-0.15, -0.1) is 0 Å². The molecule has 114 valence electrons. The van der Waals surface area contributed by atoms with E-state index >= 15 is 0 Å². The van der Waals surface area contributed by atoms with Crippen LogP contribution < -0.4 is 5.32 Å². The highest BCUT2D eigenvalue weighted by Gasteiger charge is 2.02. The van der Waals surface area contributed by atoms with Gasteiger partial charge < -0.3 is 5.32 Å². The van der Waals surface area contributed by atoms with Crippen LogP contribution in [0, 0.1) is 6.92 Å². The molecule has 0 bridgehead atoms. The minimum absolute atomic E-state index is 0.692. The molecule has 3 aromatic rings. The first-order valence-electron chi connectivity index (χ1n) is 7.56. The van der Waals surface area contributed by atoms with Crippen molar-refractivity contribution in [2.45, 2.75) is 13.5 Å². The zero-order valence-electron chi connectivity index (χ0n) is 13.0. The number of hydrogen-bond acceptors (Lipinski definition) is 3. The van der Waals surface area contributed by atoms with Crippen molar-refractivity contribution in [1.82, 2.24) is 4.98 Å². The number of benzene rings is 2. The van der Waals surface area contributed by atoms with Gasteiger partial charge in [0, 0.05) is 18.3 Å². The number of pyridine rings is 1. The highest BCUT2D eigenvalue weighted by Crippen LogP contribution is 2.21. The number of aromatic nitrogens is 1. The van der Waals surface area contributed by atoms with Gasteiger partial charge in [0.1, 0.15) is 12.1 Å². The maximum atomic E-state index is 10.7. The Balaban J connectivity index is 1.77. The largest absolute Gasteiger partial charge is 0.366 e. The number of hydrogen-bond donors (Lipinski definition) is 1. The van der Waals surface area contributed by atoms with Crippen molar-refractivity contribution in [2.24, 2.45) is 0 Å². The Bertz CT molecular complexity index is 810. The second-order valence-electron chi connectivity index (χ2n) is 5.46. The van der Waals surface area contributed by atoms with Gasteiger partial charge in [-0.05, 0) is 41.3 Å². The molecule has 1 heterocycles. The average molecular weight is 302 g/mol. The van der Waals surface area contributed by atoms with Crippen LogP contribution in [-0.2, 0) is 6.54 Å². The van der Waals surface area contributed by atoms with Gasteiger partial charge in [-0.3, -0.25) is 4.79 Å². The van der Waals surface area contributed by atoms with E-state index in [2.05, 4.69) is 28.5 Å². The van der Waals surface area contributed by atoms with Crippen molar-refractivity contribution in [2.75, 3.05) is 5.32 Å². The lowest BCUT2D eigenvalue weighted by Crippen LogP contribution is -2.02. The molecule has 3 rings (SSSR count). The van der Waals surface area contributed by atoms with Crippen molar-refractivity contribution in [3.63, 3.8) is 0 Å². The molecule has 0 amide bonds. The van der Waals surface area contributed by atoms with Crippen LogP contribution >= 0.6 is 0 Å². The fourth-order valence-corrected chi connectivity index (χ4v) is 2.47. The first kappa shape index (κ1) is 15.0. The maximum absolute atomic E-state index is 10.7. The molecule has 0 aliphatic heterocycles. The molecule has 0 aliphatic rings. The fourth-order valence-electron chi connectivity index (χ4n) is 2.47. The average Bonchev–Trinajstić information content (AvgIpc) is 2.61. The van der Waals surface area contributed by atoms with Gasteiger partial charge in [0.05, 0.1) is 0 Å². The third-order valence-electron chi connectivity index (χ3n) is 3.78. The second-order valence-corrected chi connectivity index (χ2v) is 5.46. The predicted molar refractivity (Wildman–Crippen MR) is 93.6 cm³/mol. The Kier molecular flexibility index (Phi) is 4.48. The third kappa shape index (κ3) is 3.64. The summed E-state index contributed by atoms with van der Waals surface area (Å²) in [7, 11) is 0. The number of rotatable bonds is 5. The van der Waals surface area contributed by atoms with Crippen LogP contribution in [0.4, 0.5) is 5.82 Å². The van der Waals surface area contributed by atoms with Crippen LogP contribution in [0.5, 0.6) is 0 Å². The number of carbonyl (C=O) groups is 1. The summed E-state index contributed by atoms with van der Waals surface area (Å²) in [6, 6.07) is 20.0. The Hall–Kier alpha value is -2.94. The summed E-state index contributed by atoms with van der Waals surface area (Å²) in [5, 5.41) is 3.37. The first-order chi connectivity index (χ1) is 11.3. The molecule has 3 heteroatoms. The summed E-state index contributed by atoms with van der Waals surface area (Å²) < 4.78 is 0. The molecule has 23 heavy (non-hydrogen) atoms. The van der Waals surface area contributed by atoms with Crippen molar-refractivity contribution < 1.29 is 4.79 Å². The van der Waals surface area contributed by atoms with Gasteiger partial charge in [0.15, 0.2) is 0 Å². The maximum Gasteiger partial charge on any atom is 0.150 e. The third-order valence-corrected chi connectivity index (χ3v) is 3.78. The number of anilines is 1. The molecule has 0 saturated heterocycles. The number of nitrogens with zero attached hydrogens (tertiary/aromatic N) is 1. The van der Waals surface area contributed by atoms with Gasteiger partial charge in [-0.2, -0.15) is 0 Å². The molecule has 0 spiro atoms. The van der Waals surface area contributed by atoms with Gasteiger partial charge in [-0.25, -0.2) is 4.98 Å². The van der Waals surface area contributed by atoms with Crippen molar-refractivity contribution in [3.8, 4) is 11.1 Å². The molecule has 0 radical (unpaired) electrons. The summed E-state index contributed by atoms with van der Waals surface area (Å²) in [4.78, 5) is 15.1. The van der Waals surface area contributed by atoms with Crippen molar-refractivity contribution in [3.05, 3.63) is 83.6 Å². The van der Waals surface area contributed by atoms with Crippen LogP contribution in [0.3, 0.4) is 0 Å². The molecule has 0 fully saturated rings. The highest BCUT2D eigenvalue weighted by atomic mass is 16.1. The van der Waals surface area contributed by atoms with Gasteiger partial charge in [-0.1, -0.05) is 48.5 Å². The molecule has 0 unspecified atom stereocenters. The normalized spacial score (nSPS) is 10.3. The lowest BCUT2D eigenvalue weighted by atomic mass is 10.0. The summed E-state index contributed by atoms with van der Waals surface area (Å²) in [6.07, 6.45) is 2.65. The Morgan fingerprint density at radius 3 is 2.57 bits per heavy atom. The summed E-state index contributed by atoms with van der Waals surface area (Å²) in [5.74, 6) is 0.910. The fraction of sp³-hybridized carbons (Fsp3) is 0.100. The Morgan fingerprint density at radius 1 is 1.00 bits per heavy atom. The van der Waals surface area contributed by atoms with E-state index in [-0.39, 0.29) is 0 Å². The van der Waals surface area contributed by atoms with E-state index in [0.29, 0.717) is 5.56 Å². The van der Waals surface area contributed by atoms with Crippen molar-refractivity contribution >= 4 is 12.1 Å². The number of nitrogens with one attached hydrogen (secondary N) is 1. The van der Waals surface area contributed by atoms with E-state index in [1.165, 1.54) is 5.56 Å². The lowest BCUT2D eigenvalue weighted by molar-refractivity contribution is 0.112. The van der Waals surface area contributed by atoms with E-state index in [4.69, 9.17) is 0 Å². The van der Waals surface area contributed by atoms with E-state index < -0.39 is 0 Å². The Labute approximate surface area is 136 Å². The van der Waals surface area contributed by atoms with Gasteiger partial charge in [0.25, 0.3) is 0 Å². The minimum atomic E-state index is 0.692. The summed E-state index contributed by atoms with van der Waals surface area (Å²) in [6.45, 7) is 2.76. The summed E-state index contributed by atoms with van der Waals surface area (Å²) in [5.41, 5.74) is 5.25. The molecule has 0 atom stereocenters. The monoisotopic (exact) mass is 302 g/mol. The number of aryl methyl sites for hydroxylation is 1. The molecule has 1 N–H and O–H groups in total. The minimum Gasteiger partial charge on any atom is -0.366 e. The lowest BCUT2D eigenvalue weighted by Gasteiger charge is -2.09. The topological polar surface area (TPSA) is 42.0 Å². The van der Waals surface area contributed by atoms with Gasteiger partial charge in [0.2, 0.25) is 0 Å². The molecule has 1 aromatic heterocycles. The van der Waals surface area contributed by atoms with Crippen LogP contribution in [0.15, 0.2) is 66.9 Å². The number of carbonyl (C=O) groups excluding carboxylic acids is 1. The van der Waals surface area contributed by atoms with E-state index in [1.54, 1.807) is 6.20 Å². The molecule has 2 aromatic carbocycles. The van der Waals surface area contributed by atoms with Crippen LogP contribution in [-0.4, -0.2) is 11.3 Å². The smallest absolute Gasteiger partial charge is 0.150 e. The summed E-state index contributed by atoms with van der Waals surface area (Å²) >= 11 is 0. The van der Waals surface area contributed by atoms with Crippen LogP contribution in [0.1, 0.15) is 21.5 Å². The van der Waals surface area contributed by atoms with Gasteiger partial charge >= 0.3 is 0 Å². The zero-order valence-corrected chi connectivity index (χ0v) is 13.0. The molecular weight excluding hydrogens is 284 g/mol. The van der Waals surface area contributed by atoms with Crippen LogP contribution in [0.25, 0.3) is 11.1 Å². The SMILES string of the molecule is Cc1cccnc1NCc1cccc(-c2ccc(C=O)cc2)c1. The van der Waals surface area contributed by atoms with Crippen molar-refractivity contribution in [1.29, 1.82) is 0 Å². The first-order valence-corrected chi connectivity index (χ1v) is 7.56. The Morgan fingerprint density at radius 2 is 1.83 bits per heavy atom. The highest BCUT2D eigenvalue weighted by molar-refractivity contribution is 5.77. The zero-order chi connectivity index (χ0) is 16.1. The molecule has 0 saturated carbocycles. The second kappa shape index (κ2) is 6.88. The van der Waals surface area contributed by atoms with E-state index in [0.717, 1.165) is 35.3 Å². The standard InChI is InChI=1S/C20H18N2O/c1-15-4-3-11-21-20(15)22-13-17-5-2-6-19(12-17)18-9-7-16(14-23)8-10-18/h2-12,14H,13H2,1H3,(H,21,22). The molecular formula is C20H18N2O.